The molecule has 0 unspecified atom stereocenters. The molecule has 5 N–H and O–H groups in total. The van der Waals surface area contributed by atoms with Gasteiger partial charge >= 0.3 is 11.9 Å². The molecule has 288 valence electrons. The maximum Gasteiger partial charge on any atom is 0.331 e. The van der Waals surface area contributed by atoms with Gasteiger partial charge in [0, 0.05) is 22.3 Å². The average molecular weight is 737 g/mol. The fourth-order valence-corrected chi connectivity index (χ4v) is 6.17. The molecule has 4 aromatic rings. The van der Waals surface area contributed by atoms with Gasteiger partial charge in [0.05, 0.1) is 18.2 Å². The first-order valence-corrected chi connectivity index (χ1v) is 17.9. The van der Waals surface area contributed by atoms with Crippen LogP contribution in [0.1, 0.15) is 112 Å². The summed E-state index contributed by atoms with van der Waals surface area (Å²) in [6.07, 6.45) is 5.01. The molecule has 0 aliphatic heterocycles. The smallest absolute Gasteiger partial charge is 0.331 e. The molecule has 0 bridgehead atoms. The van der Waals surface area contributed by atoms with E-state index >= 15 is 4.39 Å². The Kier molecular flexibility index (Phi) is 12.3. The van der Waals surface area contributed by atoms with E-state index in [1.807, 2.05) is 46.2 Å². The van der Waals surface area contributed by atoms with Crippen molar-refractivity contribution in [2.75, 3.05) is 0 Å². The zero-order valence-electron chi connectivity index (χ0n) is 32.5. The minimum absolute atomic E-state index is 0.108. The van der Waals surface area contributed by atoms with Gasteiger partial charge in [-0.05, 0) is 76.3 Å². The van der Waals surface area contributed by atoms with Gasteiger partial charge in [-0.15, -0.1) is 0 Å². The maximum absolute atomic E-state index is 15.1. The fraction of sp³-hybridized carbons (Fsp3) is 0.538. The Morgan fingerprint density at radius 3 is 1.68 bits per heavy atom. The minimum atomic E-state index is -1.58. The lowest BCUT2D eigenvalue weighted by atomic mass is 9.76. The van der Waals surface area contributed by atoms with Crippen LogP contribution in [-0.4, -0.2) is 54.1 Å². The number of nitrogens with zero attached hydrogens (tertiary/aromatic N) is 5. The molecule has 2 aromatic heterocycles. The van der Waals surface area contributed by atoms with Gasteiger partial charge in [0.2, 0.25) is 0 Å². The van der Waals surface area contributed by atoms with Crippen molar-refractivity contribution in [2.45, 2.75) is 124 Å². The summed E-state index contributed by atoms with van der Waals surface area (Å²) in [6.45, 7) is 18.7. The Morgan fingerprint density at radius 1 is 0.811 bits per heavy atom. The van der Waals surface area contributed by atoms with Crippen LogP contribution in [0.25, 0.3) is 22.8 Å². The van der Waals surface area contributed by atoms with Crippen molar-refractivity contribution in [3.05, 3.63) is 71.8 Å². The average Bonchev–Trinajstić information content (AvgIpc) is 3.48. The first kappa shape index (κ1) is 41.2. The summed E-state index contributed by atoms with van der Waals surface area (Å²) >= 11 is 0. The summed E-state index contributed by atoms with van der Waals surface area (Å²) in [7, 11) is 0. The normalized spacial score (nSPS) is 15.7. The highest BCUT2D eigenvalue weighted by Crippen LogP contribution is 2.39. The second-order valence-corrected chi connectivity index (χ2v) is 16.8. The molecule has 12 nitrogen and oxygen atoms in total. The van der Waals surface area contributed by atoms with Crippen molar-refractivity contribution in [1.29, 1.82) is 0 Å². The fourth-order valence-electron chi connectivity index (χ4n) is 6.17. The van der Waals surface area contributed by atoms with Gasteiger partial charge in [0.25, 0.3) is 0 Å². The topological polar surface area (TPSA) is 177 Å². The van der Waals surface area contributed by atoms with Gasteiger partial charge in [-0.3, -0.25) is 5.10 Å². The lowest BCUT2D eigenvalue weighted by Crippen LogP contribution is -2.50. The lowest BCUT2D eigenvalue weighted by Gasteiger charge is -2.34. The summed E-state index contributed by atoms with van der Waals surface area (Å²) in [6, 6.07) is 9.47. The number of aromatic amines is 1. The molecule has 2 atom stereocenters. The van der Waals surface area contributed by atoms with E-state index in [9.17, 15) is 14.0 Å². The number of nitrogens with two attached hydrogens (primary N) is 2. The molecule has 0 amide bonds. The Morgan fingerprint density at radius 2 is 1.28 bits per heavy atom. The molecule has 14 heteroatoms. The highest BCUT2D eigenvalue weighted by atomic mass is 19.1. The Labute approximate surface area is 310 Å². The Bertz CT molecular complexity index is 1880. The standard InChI is InChI=1S/C21H29FN4O2.C18H25FN4O2/c1-13(2)28-19(27)21(23,11-20(3,4)5)16-9-6-14(10-17(16)22)18-24-12-26(25-18)15-7-8-15;1-11(2)25-16(24)18(20,9-17(3,4)5)13-7-6-12(8-14(13)19)15-21-10-22-23-15/h6,9-10,12-13,15H,7-8,11,23H2,1-5H3;6-8,10-11H,9,20H2,1-5H3,(H,21,22,23)/t21-;18-/m11/s1. The number of ether oxygens (including phenoxy) is 2. The Balaban J connectivity index is 0.000000238. The van der Waals surface area contributed by atoms with Crippen LogP contribution in [0.5, 0.6) is 0 Å². The van der Waals surface area contributed by atoms with Crippen molar-refractivity contribution >= 4 is 11.9 Å². The maximum atomic E-state index is 15.1. The number of hydrogen-bond donors (Lipinski definition) is 3. The van der Waals surface area contributed by atoms with Gasteiger partial charge in [-0.2, -0.15) is 10.2 Å². The van der Waals surface area contributed by atoms with Crippen molar-refractivity contribution < 1.29 is 27.8 Å². The summed E-state index contributed by atoms with van der Waals surface area (Å²) in [5.41, 5.74) is 10.4. The van der Waals surface area contributed by atoms with Crippen LogP contribution >= 0.6 is 0 Å². The number of rotatable bonds is 11. The third-order valence-corrected chi connectivity index (χ3v) is 8.31. The number of carbonyl (C=O) groups is 2. The highest BCUT2D eigenvalue weighted by Gasteiger charge is 2.45. The zero-order valence-corrected chi connectivity index (χ0v) is 32.5. The highest BCUT2D eigenvalue weighted by molar-refractivity contribution is 5.83. The van der Waals surface area contributed by atoms with Crippen LogP contribution in [0.4, 0.5) is 8.78 Å². The molecule has 0 radical (unpaired) electrons. The second kappa shape index (κ2) is 15.8. The first-order valence-electron chi connectivity index (χ1n) is 17.9. The molecule has 0 spiro atoms. The largest absolute Gasteiger partial charge is 0.461 e. The molecular formula is C39H54F2N8O4. The number of esters is 2. The van der Waals surface area contributed by atoms with E-state index < -0.39 is 34.7 Å². The van der Waals surface area contributed by atoms with Crippen LogP contribution in [-0.2, 0) is 30.1 Å². The van der Waals surface area contributed by atoms with Gasteiger partial charge in [-0.25, -0.2) is 33.0 Å². The zero-order chi connectivity index (χ0) is 39.5. The third kappa shape index (κ3) is 10.5. The molecule has 2 heterocycles. The number of carbonyl (C=O) groups excluding carboxylic acids is 2. The first-order chi connectivity index (χ1) is 24.5. The van der Waals surface area contributed by atoms with Gasteiger partial charge in [0.15, 0.2) is 11.6 Å². The minimum Gasteiger partial charge on any atom is -0.461 e. The number of H-pyrrole nitrogens is 1. The van der Waals surface area contributed by atoms with Crippen molar-refractivity contribution in [1.82, 2.24) is 29.9 Å². The SMILES string of the molecule is CC(C)OC(=O)[C@@](N)(CC(C)(C)C)c1ccc(-c2ncn(C3CC3)n2)cc1F.CC(C)OC(=O)[C@@](N)(CC(C)(C)C)c1ccc(-c2ncn[nH]2)cc1F. The molecule has 5 rings (SSSR count). The van der Waals surface area contributed by atoms with E-state index in [4.69, 9.17) is 20.9 Å². The van der Waals surface area contributed by atoms with Crippen molar-refractivity contribution in [2.24, 2.45) is 22.3 Å². The molecule has 0 saturated heterocycles. The quantitative estimate of drug-likeness (QED) is 0.134. The van der Waals surface area contributed by atoms with E-state index in [1.165, 1.54) is 24.5 Å². The lowest BCUT2D eigenvalue weighted by molar-refractivity contribution is -0.156. The van der Waals surface area contributed by atoms with Crippen LogP contribution in [0.3, 0.4) is 0 Å². The predicted octanol–water partition coefficient (Wildman–Crippen LogP) is 7.11. The van der Waals surface area contributed by atoms with Crippen LogP contribution in [0.2, 0.25) is 0 Å². The molecule has 53 heavy (non-hydrogen) atoms. The molecule has 1 aliphatic carbocycles. The summed E-state index contributed by atoms with van der Waals surface area (Å²) in [4.78, 5) is 33.8. The van der Waals surface area contributed by atoms with Gasteiger partial charge in [0.1, 0.15) is 35.4 Å². The monoisotopic (exact) mass is 736 g/mol. The molecule has 1 saturated carbocycles. The predicted molar refractivity (Wildman–Crippen MR) is 198 cm³/mol. The van der Waals surface area contributed by atoms with Gasteiger partial charge < -0.3 is 20.9 Å². The molecule has 1 fully saturated rings. The van der Waals surface area contributed by atoms with Crippen LogP contribution in [0, 0.1) is 22.5 Å². The van der Waals surface area contributed by atoms with Crippen molar-refractivity contribution in [3.63, 3.8) is 0 Å². The van der Waals surface area contributed by atoms with E-state index in [2.05, 4.69) is 25.3 Å². The summed E-state index contributed by atoms with van der Waals surface area (Å²) in [5.74, 6) is -1.51. The number of benzene rings is 2. The second-order valence-electron chi connectivity index (χ2n) is 16.8. The van der Waals surface area contributed by atoms with Crippen molar-refractivity contribution in [3.8, 4) is 22.8 Å². The summed E-state index contributed by atoms with van der Waals surface area (Å²) < 4.78 is 42.5. The molecule has 1 aliphatic rings. The van der Waals surface area contributed by atoms with E-state index in [0.717, 1.165) is 12.8 Å². The van der Waals surface area contributed by atoms with E-state index in [1.54, 1.807) is 52.2 Å². The van der Waals surface area contributed by atoms with E-state index in [0.29, 0.717) is 28.8 Å². The number of aromatic nitrogens is 6. The number of halogens is 2. The molecule has 2 aromatic carbocycles. The van der Waals surface area contributed by atoms with Crippen LogP contribution in [0.15, 0.2) is 49.1 Å². The third-order valence-electron chi connectivity index (χ3n) is 8.31. The van der Waals surface area contributed by atoms with Crippen LogP contribution < -0.4 is 11.5 Å². The Hall–Kier alpha value is -4.56. The van der Waals surface area contributed by atoms with Gasteiger partial charge in [-0.1, -0.05) is 65.8 Å². The summed E-state index contributed by atoms with van der Waals surface area (Å²) in [5, 5.41) is 10.9. The number of nitrogens with one attached hydrogen (secondary N) is 1. The van der Waals surface area contributed by atoms with E-state index in [-0.39, 0.29) is 47.0 Å². The molecular weight excluding hydrogens is 682 g/mol. The number of hydrogen-bond acceptors (Lipinski definition) is 10.